The van der Waals surface area contributed by atoms with Gasteiger partial charge < -0.3 is 9.47 Å². The fraction of sp³-hybridized carbons (Fsp3) is 0.316. The zero-order valence-corrected chi connectivity index (χ0v) is 15.6. The Balaban J connectivity index is 1.98. The van der Waals surface area contributed by atoms with Crippen LogP contribution in [-0.4, -0.2) is 33.7 Å². The number of carbonyl (C=O) groups is 1. The van der Waals surface area contributed by atoms with Crippen LogP contribution in [0, 0.1) is 6.92 Å². The van der Waals surface area contributed by atoms with Crippen molar-refractivity contribution in [2.45, 2.75) is 31.5 Å². The lowest BCUT2D eigenvalue weighted by atomic mass is 10.2. The maximum absolute atomic E-state index is 12.3. The Hall–Kier alpha value is -2.22. The number of ether oxygens (including phenoxy) is 2. The van der Waals surface area contributed by atoms with E-state index >= 15 is 0 Å². The molecule has 0 aliphatic heterocycles. The van der Waals surface area contributed by atoms with Gasteiger partial charge in [-0.2, -0.15) is 8.42 Å². The van der Waals surface area contributed by atoms with E-state index in [0.29, 0.717) is 0 Å². The predicted molar refractivity (Wildman–Crippen MR) is 96.0 cm³/mol. The van der Waals surface area contributed by atoms with Gasteiger partial charge in [-0.25, -0.2) is 0 Å². The number of hydrogen-bond acceptors (Lipinski definition) is 6. The van der Waals surface area contributed by atoms with Gasteiger partial charge in [0.15, 0.2) is 0 Å². The fourth-order valence-electron chi connectivity index (χ4n) is 2.08. The van der Waals surface area contributed by atoms with Gasteiger partial charge in [0, 0.05) is 6.92 Å². The van der Waals surface area contributed by atoms with Crippen molar-refractivity contribution < 1.29 is 26.9 Å². The van der Waals surface area contributed by atoms with Crippen LogP contribution >= 0.6 is 0 Å². The van der Waals surface area contributed by atoms with Crippen LogP contribution in [0.1, 0.15) is 18.1 Å². The summed E-state index contributed by atoms with van der Waals surface area (Å²) in [5.41, 5.74) is 1.87. The minimum absolute atomic E-state index is 0.0670. The summed E-state index contributed by atoms with van der Waals surface area (Å²) in [6.45, 7) is 3.05. The molecule has 0 heterocycles. The van der Waals surface area contributed by atoms with Gasteiger partial charge in [-0.15, -0.1) is 0 Å². The van der Waals surface area contributed by atoms with E-state index in [1.807, 2.05) is 37.3 Å². The third kappa shape index (κ3) is 6.59. The summed E-state index contributed by atoms with van der Waals surface area (Å²) in [6, 6.07) is 15.7. The Morgan fingerprint density at radius 1 is 1.00 bits per heavy atom. The number of benzene rings is 2. The standard InChI is InChI=1S/C19H22O6S/c1-15-8-10-19(11-9-15)26(21,22)25-14-18(13-23-16(2)20)24-12-17-6-4-3-5-7-17/h3-11,18H,12-14H2,1-2H3/t18-/m1/s1. The van der Waals surface area contributed by atoms with Crippen molar-refractivity contribution in [3.05, 3.63) is 65.7 Å². The van der Waals surface area contributed by atoms with Crippen LogP contribution in [-0.2, 0) is 35.2 Å². The van der Waals surface area contributed by atoms with E-state index < -0.39 is 22.2 Å². The molecule has 0 amide bonds. The number of carbonyl (C=O) groups excluding carboxylic acids is 1. The SMILES string of the molecule is CC(=O)OC[C@H](COS(=O)(=O)c1ccc(C)cc1)OCc1ccccc1. The molecular formula is C19H22O6S. The monoisotopic (exact) mass is 378 g/mol. The van der Waals surface area contributed by atoms with Crippen LogP contribution in [0.2, 0.25) is 0 Å². The molecule has 0 unspecified atom stereocenters. The molecule has 2 aromatic rings. The van der Waals surface area contributed by atoms with Gasteiger partial charge in [-0.05, 0) is 24.6 Å². The Labute approximate surface area is 153 Å². The van der Waals surface area contributed by atoms with Gasteiger partial charge >= 0.3 is 5.97 Å². The second-order valence-electron chi connectivity index (χ2n) is 5.77. The van der Waals surface area contributed by atoms with Gasteiger partial charge in [0.25, 0.3) is 10.1 Å². The molecule has 0 radical (unpaired) electrons. The highest BCUT2D eigenvalue weighted by Crippen LogP contribution is 2.14. The molecule has 0 fully saturated rings. The molecule has 140 valence electrons. The van der Waals surface area contributed by atoms with Crippen molar-refractivity contribution in [3.8, 4) is 0 Å². The quantitative estimate of drug-likeness (QED) is 0.493. The number of rotatable bonds is 9. The number of hydrogen-bond donors (Lipinski definition) is 0. The first-order chi connectivity index (χ1) is 12.4. The lowest BCUT2D eigenvalue weighted by Gasteiger charge is -2.18. The van der Waals surface area contributed by atoms with Crippen LogP contribution in [0.5, 0.6) is 0 Å². The minimum Gasteiger partial charge on any atom is -0.463 e. The molecule has 0 aromatic heterocycles. The second kappa shape index (κ2) is 9.47. The van der Waals surface area contributed by atoms with E-state index in [1.165, 1.54) is 19.1 Å². The van der Waals surface area contributed by atoms with Crippen LogP contribution in [0.4, 0.5) is 0 Å². The molecule has 0 saturated carbocycles. The third-order valence-electron chi connectivity index (χ3n) is 3.52. The first-order valence-electron chi connectivity index (χ1n) is 8.12. The summed E-state index contributed by atoms with van der Waals surface area (Å²) < 4.78 is 40.2. The van der Waals surface area contributed by atoms with Crippen molar-refractivity contribution in [3.63, 3.8) is 0 Å². The van der Waals surface area contributed by atoms with Crippen molar-refractivity contribution in [2.24, 2.45) is 0 Å². The van der Waals surface area contributed by atoms with Gasteiger partial charge in [0.2, 0.25) is 0 Å². The van der Waals surface area contributed by atoms with Gasteiger partial charge in [0.1, 0.15) is 12.7 Å². The lowest BCUT2D eigenvalue weighted by molar-refractivity contribution is -0.146. The Morgan fingerprint density at radius 2 is 1.65 bits per heavy atom. The molecule has 0 N–H and O–H groups in total. The van der Waals surface area contributed by atoms with Crippen molar-refractivity contribution in [2.75, 3.05) is 13.2 Å². The van der Waals surface area contributed by atoms with Gasteiger partial charge in [0.05, 0.1) is 18.1 Å². The molecule has 6 nitrogen and oxygen atoms in total. The zero-order chi connectivity index (χ0) is 19.0. The molecule has 2 aromatic carbocycles. The normalized spacial score (nSPS) is 12.5. The van der Waals surface area contributed by atoms with Gasteiger partial charge in [-0.1, -0.05) is 48.0 Å². The molecule has 2 rings (SSSR count). The summed E-state index contributed by atoms with van der Waals surface area (Å²) in [7, 11) is -3.91. The molecule has 0 spiro atoms. The smallest absolute Gasteiger partial charge is 0.302 e. The number of esters is 1. The molecule has 7 heteroatoms. The Bertz CT molecular complexity index is 800. The minimum atomic E-state index is -3.91. The van der Waals surface area contributed by atoms with E-state index in [2.05, 4.69) is 0 Å². The molecular weight excluding hydrogens is 356 g/mol. The van der Waals surface area contributed by atoms with Crippen molar-refractivity contribution in [1.29, 1.82) is 0 Å². The van der Waals surface area contributed by atoms with Crippen LogP contribution in [0.15, 0.2) is 59.5 Å². The molecule has 0 bridgehead atoms. The average Bonchev–Trinajstić information content (AvgIpc) is 2.62. The molecule has 26 heavy (non-hydrogen) atoms. The Kier molecular flexibility index (Phi) is 7.32. The van der Waals surface area contributed by atoms with E-state index in [4.69, 9.17) is 13.7 Å². The molecule has 0 aliphatic carbocycles. The van der Waals surface area contributed by atoms with Crippen LogP contribution in [0.25, 0.3) is 0 Å². The second-order valence-corrected chi connectivity index (χ2v) is 7.39. The first kappa shape index (κ1) is 20.1. The summed E-state index contributed by atoms with van der Waals surface area (Å²) >= 11 is 0. The van der Waals surface area contributed by atoms with Gasteiger partial charge in [-0.3, -0.25) is 8.98 Å². The van der Waals surface area contributed by atoms with E-state index in [9.17, 15) is 13.2 Å². The predicted octanol–water partition coefficient (Wildman–Crippen LogP) is 2.85. The van der Waals surface area contributed by atoms with E-state index in [1.54, 1.807) is 12.1 Å². The van der Waals surface area contributed by atoms with E-state index in [-0.39, 0.29) is 24.7 Å². The summed E-state index contributed by atoms with van der Waals surface area (Å²) in [6.07, 6.45) is -0.709. The highest BCUT2D eigenvalue weighted by molar-refractivity contribution is 7.86. The van der Waals surface area contributed by atoms with Crippen LogP contribution in [0.3, 0.4) is 0 Å². The molecule has 1 atom stereocenters. The lowest BCUT2D eigenvalue weighted by Crippen LogP contribution is -2.28. The fourth-order valence-corrected chi connectivity index (χ4v) is 3.02. The maximum atomic E-state index is 12.3. The summed E-state index contributed by atoms with van der Waals surface area (Å²) in [4.78, 5) is 11.1. The van der Waals surface area contributed by atoms with Crippen LogP contribution < -0.4 is 0 Å². The number of aryl methyl sites for hydroxylation is 1. The summed E-state index contributed by atoms with van der Waals surface area (Å²) in [5, 5.41) is 0. The first-order valence-corrected chi connectivity index (χ1v) is 9.52. The zero-order valence-electron chi connectivity index (χ0n) is 14.8. The van der Waals surface area contributed by atoms with Crippen molar-refractivity contribution in [1.82, 2.24) is 0 Å². The molecule has 0 aliphatic rings. The average molecular weight is 378 g/mol. The Morgan fingerprint density at radius 3 is 2.27 bits per heavy atom. The highest BCUT2D eigenvalue weighted by Gasteiger charge is 2.20. The topological polar surface area (TPSA) is 78.9 Å². The highest BCUT2D eigenvalue weighted by atomic mass is 32.2. The molecule has 0 saturated heterocycles. The van der Waals surface area contributed by atoms with Crippen molar-refractivity contribution >= 4 is 16.1 Å². The van der Waals surface area contributed by atoms with E-state index in [0.717, 1.165) is 11.1 Å². The largest absolute Gasteiger partial charge is 0.463 e. The summed E-state index contributed by atoms with van der Waals surface area (Å²) in [5.74, 6) is -0.472. The maximum Gasteiger partial charge on any atom is 0.302 e. The third-order valence-corrected chi connectivity index (χ3v) is 4.82.